The number of carbonyl (C=O) groups excluding carboxylic acids is 1. The fraction of sp³-hybridized carbons (Fsp3) is 0.286. The summed E-state index contributed by atoms with van der Waals surface area (Å²) in [5.74, 6) is 0.549. The number of halogens is 3. The fourth-order valence-corrected chi connectivity index (χ4v) is 3.21. The molecule has 3 rings (SSSR count). The van der Waals surface area contributed by atoms with E-state index in [1.807, 2.05) is 31.2 Å². The number of ether oxygens (including phenoxy) is 2. The Morgan fingerprint density at radius 3 is 2.52 bits per heavy atom. The first-order chi connectivity index (χ1) is 15.5. The summed E-state index contributed by atoms with van der Waals surface area (Å²) in [6.07, 6.45) is 0. The van der Waals surface area contributed by atoms with E-state index in [1.54, 1.807) is 12.1 Å². The minimum Gasteiger partial charge on any atom is -0.490 e. The first-order valence-corrected chi connectivity index (χ1v) is 10.6. The molecule has 0 aliphatic carbocycles. The number of hydrogen-bond acceptors (Lipinski definition) is 8. The summed E-state index contributed by atoms with van der Waals surface area (Å²) in [7, 11) is 0. The van der Waals surface area contributed by atoms with Gasteiger partial charge in [0.05, 0.1) is 11.6 Å². The molecule has 0 aliphatic rings. The van der Waals surface area contributed by atoms with Crippen molar-refractivity contribution in [1.29, 1.82) is 0 Å². The summed E-state index contributed by atoms with van der Waals surface area (Å²) in [6, 6.07) is 11.1. The number of nitrogens with two attached hydrogens (primary N) is 1. The number of nitrogens with one attached hydrogen (secondary N) is 2. The van der Waals surface area contributed by atoms with Gasteiger partial charge in [-0.25, -0.2) is 4.63 Å². The highest BCUT2D eigenvalue weighted by atomic mass is 35.5. The quantitative estimate of drug-likeness (QED) is 0.328. The fourth-order valence-electron chi connectivity index (χ4n) is 2.80. The molecule has 1 heterocycles. The van der Waals surface area contributed by atoms with Gasteiger partial charge in [-0.15, -0.1) is 12.4 Å². The van der Waals surface area contributed by atoms with Crippen molar-refractivity contribution < 1.29 is 18.9 Å². The SMILES string of the molecule is CCOc1cc(CNCCNC(=O)c2nonc2N)cc(Cl)c1OCc1ccc(Cl)cc1.Cl. The van der Waals surface area contributed by atoms with Gasteiger partial charge in [0.2, 0.25) is 11.5 Å². The summed E-state index contributed by atoms with van der Waals surface area (Å²) >= 11 is 12.4. The highest BCUT2D eigenvalue weighted by Crippen LogP contribution is 2.37. The van der Waals surface area contributed by atoms with Crippen LogP contribution in [0.2, 0.25) is 10.0 Å². The molecule has 0 atom stereocenters. The molecule has 0 spiro atoms. The third-order valence-corrected chi connectivity index (χ3v) is 4.84. The minimum absolute atomic E-state index is 0. The summed E-state index contributed by atoms with van der Waals surface area (Å²) < 4.78 is 16.1. The molecule has 0 radical (unpaired) electrons. The number of nitrogens with zero attached hydrogens (tertiary/aromatic N) is 2. The number of rotatable bonds is 11. The van der Waals surface area contributed by atoms with Gasteiger partial charge in [0.25, 0.3) is 5.91 Å². The van der Waals surface area contributed by atoms with E-state index in [0.717, 1.165) is 11.1 Å². The second-order valence-electron chi connectivity index (χ2n) is 6.68. The minimum atomic E-state index is -0.450. The van der Waals surface area contributed by atoms with Crippen molar-refractivity contribution in [2.75, 3.05) is 25.4 Å². The Hall–Kier alpha value is -2.72. The number of benzene rings is 2. The zero-order valence-corrected chi connectivity index (χ0v) is 20.1. The van der Waals surface area contributed by atoms with E-state index in [4.69, 9.17) is 38.4 Å². The van der Waals surface area contributed by atoms with Gasteiger partial charge in [0.1, 0.15) is 6.61 Å². The van der Waals surface area contributed by atoms with Gasteiger partial charge in [-0.3, -0.25) is 4.79 Å². The van der Waals surface area contributed by atoms with Crippen LogP contribution in [0.5, 0.6) is 11.5 Å². The van der Waals surface area contributed by atoms with Crippen LogP contribution >= 0.6 is 35.6 Å². The molecule has 33 heavy (non-hydrogen) atoms. The molecule has 12 heteroatoms. The number of nitrogen functional groups attached to an aromatic ring is 1. The van der Waals surface area contributed by atoms with Crippen LogP contribution in [-0.4, -0.2) is 35.9 Å². The van der Waals surface area contributed by atoms with Gasteiger partial charge >= 0.3 is 0 Å². The van der Waals surface area contributed by atoms with E-state index in [9.17, 15) is 4.79 Å². The zero-order chi connectivity index (χ0) is 22.9. The Balaban J connectivity index is 0.00000385. The van der Waals surface area contributed by atoms with E-state index in [1.165, 1.54) is 0 Å². The van der Waals surface area contributed by atoms with Gasteiger partial charge in [-0.05, 0) is 52.6 Å². The molecule has 1 aromatic heterocycles. The molecule has 9 nitrogen and oxygen atoms in total. The highest BCUT2D eigenvalue weighted by molar-refractivity contribution is 6.32. The molecule has 178 valence electrons. The van der Waals surface area contributed by atoms with Crippen LogP contribution in [0.15, 0.2) is 41.0 Å². The van der Waals surface area contributed by atoms with E-state index in [-0.39, 0.29) is 23.9 Å². The smallest absolute Gasteiger partial charge is 0.277 e. The van der Waals surface area contributed by atoms with Crippen molar-refractivity contribution in [1.82, 2.24) is 20.9 Å². The van der Waals surface area contributed by atoms with E-state index >= 15 is 0 Å². The van der Waals surface area contributed by atoms with Crippen molar-refractivity contribution >= 4 is 47.3 Å². The first kappa shape index (κ1) is 26.5. The maximum Gasteiger partial charge on any atom is 0.277 e. The maximum absolute atomic E-state index is 11.9. The van der Waals surface area contributed by atoms with Gasteiger partial charge < -0.3 is 25.8 Å². The Morgan fingerprint density at radius 1 is 1.09 bits per heavy atom. The second kappa shape index (κ2) is 13.1. The standard InChI is InChI=1S/C21H23Cl2N5O4.ClH/c1-2-30-17-10-14(11-25-7-8-26-21(29)18-20(24)28-32-27-18)9-16(23)19(17)31-12-13-3-5-15(22)6-4-13;/h3-6,9-10,25H,2,7-8,11-12H2,1H3,(H2,24,28)(H,26,29);1H. The Kier molecular flexibility index (Phi) is 10.5. The third-order valence-electron chi connectivity index (χ3n) is 4.31. The average Bonchev–Trinajstić information content (AvgIpc) is 3.20. The van der Waals surface area contributed by atoms with Gasteiger partial charge in [-0.1, -0.05) is 35.3 Å². The van der Waals surface area contributed by atoms with Crippen LogP contribution < -0.4 is 25.8 Å². The zero-order valence-electron chi connectivity index (χ0n) is 17.8. The van der Waals surface area contributed by atoms with Crippen molar-refractivity contribution in [3.05, 3.63) is 63.3 Å². The molecule has 2 aromatic carbocycles. The predicted octanol–water partition coefficient (Wildman–Crippen LogP) is 3.88. The lowest BCUT2D eigenvalue weighted by Crippen LogP contribution is -2.32. The normalized spacial score (nSPS) is 10.4. The van der Waals surface area contributed by atoms with Crippen molar-refractivity contribution in [3.8, 4) is 11.5 Å². The second-order valence-corrected chi connectivity index (χ2v) is 7.53. The molecule has 0 fully saturated rings. The molecular weight excluding hydrogens is 493 g/mol. The largest absolute Gasteiger partial charge is 0.490 e. The molecule has 0 aliphatic heterocycles. The van der Waals surface area contributed by atoms with Gasteiger partial charge in [0, 0.05) is 24.7 Å². The number of hydrogen-bond donors (Lipinski definition) is 3. The van der Waals surface area contributed by atoms with Crippen LogP contribution in [0.3, 0.4) is 0 Å². The molecule has 0 saturated heterocycles. The molecular formula is C21H24Cl3N5O4. The van der Waals surface area contributed by atoms with Crippen LogP contribution in [0.1, 0.15) is 28.5 Å². The molecule has 0 unspecified atom stereocenters. The topological polar surface area (TPSA) is 125 Å². The molecule has 3 aromatic rings. The maximum atomic E-state index is 11.9. The van der Waals surface area contributed by atoms with E-state index < -0.39 is 5.91 Å². The number of amides is 1. The number of aromatic nitrogens is 2. The molecule has 0 bridgehead atoms. The first-order valence-electron chi connectivity index (χ1n) is 9.87. The van der Waals surface area contributed by atoms with Crippen molar-refractivity contribution in [2.45, 2.75) is 20.1 Å². The lowest BCUT2D eigenvalue weighted by atomic mass is 10.2. The van der Waals surface area contributed by atoms with Crippen LogP contribution in [-0.2, 0) is 13.2 Å². The van der Waals surface area contributed by atoms with Gasteiger partial charge in [0.15, 0.2) is 11.5 Å². The molecule has 1 amide bonds. The lowest BCUT2D eigenvalue weighted by Gasteiger charge is -2.16. The molecule has 0 saturated carbocycles. The van der Waals surface area contributed by atoms with E-state index in [0.29, 0.717) is 54.4 Å². The van der Waals surface area contributed by atoms with Crippen LogP contribution in [0.25, 0.3) is 0 Å². The molecule has 4 N–H and O–H groups in total. The lowest BCUT2D eigenvalue weighted by molar-refractivity contribution is 0.0944. The van der Waals surface area contributed by atoms with Crippen LogP contribution in [0.4, 0.5) is 5.82 Å². The monoisotopic (exact) mass is 515 g/mol. The highest BCUT2D eigenvalue weighted by Gasteiger charge is 2.15. The average molecular weight is 517 g/mol. The van der Waals surface area contributed by atoms with Gasteiger partial charge in [-0.2, -0.15) is 0 Å². The third kappa shape index (κ3) is 7.68. The van der Waals surface area contributed by atoms with Crippen molar-refractivity contribution in [3.63, 3.8) is 0 Å². The number of carbonyl (C=O) groups is 1. The predicted molar refractivity (Wildman–Crippen MR) is 128 cm³/mol. The van der Waals surface area contributed by atoms with E-state index in [2.05, 4.69) is 25.6 Å². The Labute approximate surface area is 207 Å². The Morgan fingerprint density at radius 2 is 1.85 bits per heavy atom. The summed E-state index contributed by atoms with van der Waals surface area (Å²) in [6.45, 7) is 4.08. The number of anilines is 1. The Bertz CT molecular complexity index is 1050. The van der Waals surface area contributed by atoms with Crippen LogP contribution in [0, 0.1) is 0 Å². The summed E-state index contributed by atoms with van der Waals surface area (Å²) in [5.41, 5.74) is 7.33. The summed E-state index contributed by atoms with van der Waals surface area (Å²) in [5, 5.41) is 13.8. The van der Waals surface area contributed by atoms with Crippen molar-refractivity contribution in [2.24, 2.45) is 0 Å². The summed E-state index contributed by atoms with van der Waals surface area (Å²) in [4.78, 5) is 11.9.